The molecule has 2 heteroatoms. The Morgan fingerprint density at radius 3 is 2.46 bits per heavy atom. The van der Waals surface area contributed by atoms with Crippen molar-refractivity contribution < 1.29 is 5.11 Å². The van der Waals surface area contributed by atoms with E-state index in [1.165, 1.54) is 11.3 Å². The van der Waals surface area contributed by atoms with Gasteiger partial charge in [0.2, 0.25) is 0 Å². The van der Waals surface area contributed by atoms with Crippen molar-refractivity contribution in [2.24, 2.45) is 0 Å². The van der Waals surface area contributed by atoms with Crippen molar-refractivity contribution in [1.82, 2.24) is 0 Å². The molecule has 0 spiro atoms. The van der Waals surface area contributed by atoms with E-state index in [4.69, 9.17) is 0 Å². The molecule has 0 fully saturated rings. The lowest BCUT2D eigenvalue weighted by Gasteiger charge is -2.17. The minimum atomic E-state index is -0.277. The fraction of sp³-hybridized carbons (Fsp3) is 0.455. The predicted octanol–water partition coefficient (Wildman–Crippen LogP) is 1.68. The first-order valence-corrected chi connectivity index (χ1v) is 4.54. The number of aliphatic hydroxyl groups is 1. The van der Waals surface area contributed by atoms with E-state index in [-0.39, 0.29) is 6.10 Å². The van der Waals surface area contributed by atoms with Crippen LogP contribution >= 0.6 is 0 Å². The van der Waals surface area contributed by atoms with Gasteiger partial charge in [0.05, 0.1) is 6.10 Å². The zero-order chi connectivity index (χ0) is 9.84. The monoisotopic (exact) mass is 179 g/mol. The Hall–Kier alpha value is -1.02. The molecule has 13 heavy (non-hydrogen) atoms. The summed E-state index contributed by atoms with van der Waals surface area (Å²) in [4.78, 5) is 2.07. The van der Waals surface area contributed by atoms with Gasteiger partial charge in [-0.1, -0.05) is 18.2 Å². The quantitative estimate of drug-likeness (QED) is 0.763. The molecule has 0 aromatic heterocycles. The molecule has 72 valence electrons. The highest BCUT2D eigenvalue weighted by Crippen LogP contribution is 2.19. The van der Waals surface area contributed by atoms with Crippen LogP contribution < -0.4 is 4.90 Å². The van der Waals surface area contributed by atoms with Gasteiger partial charge in [0, 0.05) is 26.2 Å². The number of para-hydroxylation sites is 1. The Morgan fingerprint density at radius 2 is 1.92 bits per heavy atom. The molecular formula is C11H17NO. The molecule has 1 atom stereocenters. The maximum atomic E-state index is 9.29. The number of nitrogens with zero attached hydrogens (tertiary/aromatic N) is 1. The molecule has 1 aromatic carbocycles. The molecule has 0 radical (unpaired) electrons. The van der Waals surface area contributed by atoms with Gasteiger partial charge in [-0.05, 0) is 18.6 Å². The van der Waals surface area contributed by atoms with Crippen molar-refractivity contribution in [1.29, 1.82) is 0 Å². The summed E-state index contributed by atoms with van der Waals surface area (Å²) >= 11 is 0. The van der Waals surface area contributed by atoms with Crippen LogP contribution in [0.5, 0.6) is 0 Å². The third kappa shape index (κ3) is 2.74. The molecule has 0 saturated carbocycles. The normalized spacial score (nSPS) is 12.6. The molecule has 1 N–H and O–H groups in total. The second-order valence-corrected chi connectivity index (χ2v) is 3.58. The highest BCUT2D eigenvalue weighted by atomic mass is 16.3. The first-order chi connectivity index (χ1) is 6.11. The van der Waals surface area contributed by atoms with Crippen LogP contribution in [0.1, 0.15) is 12.5 Å². The van der Waals surface area contributed by atoms with Gasteiger partial charge in [-0.2, -0.15) is 0 Å². The lowest BCUT2D eigenvalue weighted by atomic mass is 10.1. The Kier molecular flexibility index (Phi) is 3.32. The molecule has 0 aliphatic rings. The maximum Gasteiger partial charge on any atom is 0.0553 e. The molecular weight excluding hydrogens is 162 g/mol. The summed E-state index contributed by atoms with van der Waals surface area (Å²) in [5.41, 5.74) is 2.38. The van der Waals surface area contributed by atoms with Crippen LogP contribution in [0.2, 0.25) is 0 Å². The molecule has 1 aromatic rings. The molecule has 0 saturated heterocycles. The molecule has 2 nitrogen and oxygen atoms in total. The van der Waals surface area contributed by atoms with Crippen LogP contribution in [0, 0.1) is 0 Å². The van der Waals surface area contributed by atoms with Crippen LogP contribution in [0.15, 0.2) is 24.3 Å². The van der Waals surface area contributed by atoms with Gasteiger partial charge >= 0.3 is 0 Å². The van der Waals surface area contributed by atoms with Crippen LogP contribution in [0.4, 0.5) is 5.69 Å². The van der Waals surface area contributed by atoms with Crippen LogP contribution in [0.25, 0.3) is 0 Å². The van der Waals surface area contributed by atoms with Gasteiger partial charge in [-0.15, -0.1) is 0 Å². The topological polar surface area (TPSA) is 23.5 Å². The summed E-state index contributed by atoms with van der Waals surface area (Å²) in [6.07, 6.45) is 0.440. The molecule has 1 rings (SSSR count). The van der Waals surface area contributed by atoms with E-state index in [1.807, 2.05) is 33.2 Å². The highest BCUT2D eigenvalue weighted by Gasteiger charge is 2.05. The number of aliphatic hydroxyl groups excluding tert-OH is 1. The summed E-state index contributed by atoms with van der Waals surface area (Å²) in [5.74, 6) is 0. The van der Waals surface area contributed by atoms with Crippen molar-refractivity contribution in [2.75, 3.05) is 19.0 Å². The third-order valence-corrected chi connectivity index (χ3v) is 1.99. The maximum absolute atomic E-state index is 9.29. The summed E-state index contributed by atoms with van der Waals surface area (Å²) in [6.45, 7) is 1.81. The zero-order valence-electron chi connectivity index (χ0n) is 8.49. The Bertz CT molecular complexity index is 269. The Morgan fingerprint density at radius 1 is 1.31 bits per heavy atom. The van der Waals surface area contributed by atoms with Gasteiger partial charge in [0.25, 0.3) is 0 Å². The van der Waals surface area contributed by atoms with E-state index in [9.17, 15) is 5.11 Å². The van der Waals surface area contributed by atoms with Crippen molar-refractivity contribution in [3.63, 3.8) is 0 Å². The average molecular weight is 179 g/mol. The average Bonchev–Trinajstić information content (AvgIpc) is 2.03. The Balaban J connectivity index is 2.91. The lowest BCUT2D eigenvalue weighted by Crippen LogP contribution is -2.13. The number of anilines is 1. The first-order valence-electron chi connectivity index (χ1n) is 4.54. The van der Waals surface area contributed by atoms with Crippen LogP contribution in [-0.2, 0) is 6.42 Å². The first kappa shape index (κ1) is 10.1. The van der Waals surface area contributed by atoms with Gasteiger partial charge in [-0.25, -0.2) is 0 Å². The largest absolute Gasteiger partial charge is 0.393 e. The van der Waals surface area contributed by atoms with Gasteiger partial charge < -0.3 is 10.0 Å². The number of benzene rings is 1. The van der Waals surface area contributed by atoms with E-state index in [0.29, 0.717) is 6.42 Å². The molecule has 0 heterocycles. The summed E-state index contributed by atoms with van der Waals surface area (Å²) < 4.78 is 0. The van der Waals surface area contributed by atoms with Gasteiger partial charge in [0.15, 0.2) is 0 Å². The van der Waals surface area contributed by atoms with Gasteiger partial charge in [0.1, 0.15) is 0 Å². The minimum absolute atomic E-state index is 0.277. The molecule has 0 aliphatic carbocycles. The van der Waals surface area contributed by atoms with E-state index >= 15 is 0 Å². The predicted molar refractivity (Wildman–Crippen MR) is 56.2 cm³/mol. The van der Waals surface area contributed by atoms with Gasteiger partial charge in [-0.3, -0.25) is 0 Å². The minimum Gasteiger partial charge on any atom is -0.393 e. The standard InChI is InChI=1S/C11H17NO/c1-9(13)8-10-6-4-5-7-11(10)12(2)3/h4-7,9,13H,8H2,1-3H3/t9-/m0/s1. The van der Waals surface area contributed by atoms with Crippen molar-refractivity contribution in [3.05, 3.63) is 29.8 Å². The van der Waals surface area contributed by atoms with E-state index in [1.54, 1.807) is 0 Å². The molecule has 0 bridgehead atoms. The lowest BCUT2D eigenvalue weighted by molar-refractivity contribution is 0.195. The summed E-state index contributed by atoms with van der Waals surface area (Å²) in [6, 6.07) is 8.14. The number of hydrogen-bond acceptors (Lipinski definition) is 2. The second-order valence-electron chi connectivity index (χ2n) is 3.58. The third-order valence-electron chi connectivity index (χ3n) is 1.99. The number of hydrogen-bond donors (Lipinski definition) is 1. The van der Waals surface area contributed by atoms with Crippen molar-refractivity contribution >= 4 is 5.69 Å². The summed E-state index contributed by atoms with van der Waals surface area (Å²) in [7, 11) is 4.03. The number of rotatable bonds is 3. The molecule has 0 unspecified atom stereocenters. The van der Waals surface area contributed by atoms with Crippen LogP contribution in [-0.4, -0.2) is 25.3 Å². The van der Waals surface area contributed by atoms with E-state index in [0.717, 1.165) is 0 Å². The highest BCUT2D eigenvalue weighted by molar-refractivity contribution is 5.52. The Labute approximate surface area is 79.8 Å². The van der Waals surface area contributed by atoms with E-state index in [2.05, 4.69) is 17.0 Å². The van der Waals surface area contributed by atoms with Crippen LogP contribution in [0.3, 0.4) is 0 Å². The zero-order valence-corrected chi connectivity index (χ0v) is 8.49. The molecule has 0 amide bonds. The molecule has 0 aliphatic heterocycles. The smallest absolute Gasteiger partial charge is 0.0553 e. The SMILES string of the molecule is C[C@H](O)Cc1ccccc1N(C)C. The van der Waals surface area contributed by atoms with Crippen molar-refractivity contribution in [3.8, 4) is 0 Å². The summed E-state index contributed by atoms with van der Waals surface area (Å²) in [5, 5.41) is 9.29. The fourth-order valence-corrected chi connectivity index (χ4v) is 1.44. The second kappa shape index (κ2) is 4.28. The van der Waals surface area contributed by atoms with Crippen molar-refractivity contribution in [2.45, 2.75) is 19.4 Å². The fourth-order valence-electron chi connectivity index (χ4n) is 1.44. The van der Waals surface area contributed by atoms with E-state index < -0.39 is 0 Å².